The van der Waals surface area contributed by atoms with Crippen LogP contribution in [0.2, 0.25) is 0 Å². The van der Waals surface area contributed by atoms with E-state index in [4.69, 9.17) is 0 Å². The van der Waals surface area contributed by atoms with Gasteiger partial charge in [0.2, 0.25) is 5.91 Å². The van der Waals surface area contributed by atoms with Gasteiger partial charge in [-0.15, -0.1) is 0 Å². The van der Waals surface area contributed by atoms with Crippen LogP contribution in [0.1, 0.15) is 11.1 Å². The molecule has 0 unspecified atom stereocenters. The Balaban J connectivity index is 1.75. The predicted octanol–water partition coefficient (Wildman–Crippen LogP) is 6.09. The van der Waals surface area contributed by atoms with Crippen molar-refractivity contribution in [3.63, 3.8) is 0 Å². The quantitative estimate of drug-likeness (QED) is 0.550. The fourth-order valence-corrected chi connectivity index (χ4v) is 3.65. The van der Waals surface area contributed by atoms with Crippen molar-refractivity contribution in [3.05, 3.63) is 88.4 Å². The molecule has 0 radical (unpaired) electrons. The second-order valence-electron chi connectivity index (χ2n) is 5.77. The van der Waals surface area contributed by atoms with Crippen LogP contribution in [0.4, 0.5) is 5.69 Å². The number of nitrogens with one attached hydrogen (secondary N) is 1. The van der Waals surface area contributed by atoms with E-state index < -0.39 is 0 Å². The summed E-state index contributed by atoms with van der Waals surface area (Å²) in [6, 6.07) is 24.1. The van der Waals surface area contributed by atoms with Gasteiger partial charge in [0.05, 0.1) is 12.1 Å². The lowest BCUT2D eigenvalue weighted by atomic mass is 10.1. The third-order valence-electron chi connectivity index (χ3n) is 3.67. The SMILES string of the molecule is Cc1ccc(CC(=O)Nc2cc(Br)ccc2Sc2ccccc2)cc1. The van der Waals surface area contributed by atoms with Crippen molar-refractivity contribution >= 4 is 39.3 Å². The highest BCUT2D eigenvalue weighted by atomic mass is 79.9. The molecular weight excluding hydrogens is 394 g/mol. The predicted molar refractivity (Wildman–Crippen MR) is 108 cm³/mol. The highest BCUT2D eigenvalue weighted by Gasteiger charge is 2.10. The average Bonchev–Trinajstić information content (AvgIpc) is 2.60. The molecule has 3 aromatic carbocycles. The lowest BCUT2D eigenvalue weighted by molar-refractivity contribution is -0.115. The van der Waals surface area contributed by atoms with Gasteiger partial charge in [0.15, 0.2) is 0 Å². The van der Waals surface area contributed by atoms with Crippen LogP contribution in [0, 0.1) is 6.92 Å². The van der Waals surface area contributed by atoms with Gasteiger partial charge in [0.25, 0.3) is 0 Å². The van der Waals surface area contributed by atoms with E-state index in [-0.39, 0.29) is 5.91 Å². The molecule has 0 heterocycles. The van der Waals surface area contributed by atoms with Gasteiger partial charge in [-0.05, 0) is 42.8 Å². The molecule has 2 nitrogen and oxygen atoms in total. The molecule has 0 fully saturated rings. The fraction of sp³-hybridized carbons (Fsp3) is 0.0952. The molecule has 0 saturated heterocycles. The number of anilines is 1. The largest absolute Gasteiger partial charge is 0.325 e. The maximum Gasteiger partial charge on any atom is 0.228 e. The number of carbonyl (C=O) groups is 1. The van der Waals surface area contributed by atoms with Gasteiger partial charge in [-0.25, -0.2) is 0 Å². The first kappa shape index (κ1) is 17.8. The maximum absolute atomic E-state index is 12.4. The topological polar surface area (TPSA) is 29.1 Å². The number of hydrogen-bond donors (Lipinski definition) is 1. The Morgan fingerprint density at radius 1 is 1.00 bits per heavy atom. The molecule has 0 bridgehead atoms. The summed E-state index contributed by atoms with van der Waals surface area (Å²) in [7, 11) is 0. The summed E-state index contributed by atoms with van der Waals surface area (Å²) >= 11 is 5.12. The van der Waals surface area contributed by atoms with E-state index >= 15 is 0 Å². The Hall–Kier alpha value is -2.04. The second-order valence-corrected chi connectivity index (χ2v) is 7.80. The Labute approximate surface area is 160 Å². The van der Waals surface area contributed by atoms with E-state index in [1.54, 1.807) is 11.8 Å². The first-order chi connectivity index (χ1) is 12.1. The van der Waals surface area contributed by atoms with E-state index in [0.717, 1.165) is 25.5 Å². The summed E-state index contributed by atoms with van der Waals surface area (Å²) in [6.45, 7) is 2.04. The number of carbonyl (C=O) groups excluding carboxylic acids is 1. The van der Waals surface area contributed by atoms with E-state index in [2.05, 4.69) is 33.4 Å². The molecule has 25 heavy (non-hydrogen) atoms. The third-order valence-corrected chi connectivity index (χ3v) is 5.25. The van der Waals surface area contributed by atoms with Crippen LogP contribution in [-0.4, -0.2) is 5.91 Å². The third kappa shape index (κ3) is 5.21. The van der Waals surface area contributed by atoms with Crippen molar-refractivity contribution in [3.8, 4) is 0 Å². The van der Waals surface area contributed by atoms with Crippen LogP contribution < -0.4 is 5.32 Å². The van der Waals surface area contributed by atoms with Crippen LogP contribution in [0.5, 0.6) is 0 Å². The summed E-state index contributed by atoms with van der Waals surface area (Å²) in [6.07, 6.45) is 0.363. The molecule has 0 aliphatic heterocycles. The second kappa shape index (κ2) is 8.37. The summed E-state index contributed by atoms with van der Waals surface area (Å²) < 4.78 is 0.940. The first-order valence-electron chi connectivity index (χ1n) is 7.98. The molecule has 0 aliphatic carbocycles. The first-order valence-corrected chi connectivity index (χ1v) is 9.59. The van der Waals surface area contributed by atoms with Gasteiger partial charge in [0, 0.05) is 14.3 Å². The van der Waals surface area contributed by atoms with Gasteiger partial charge < -0.3 is 5.32 Å². The monoisotopic (exact) mass is 411 g/mol. The van der Waals surface area contributed by atoms with Crippen molar-refractivity contribution in [1.82, 2.24) is 0 Å². The Morgan fingerprint density at radius 3 is 2.44 bits per heavy atom. The molecule has 0 aliphatic rings. The van der Waals surface area contributed by atoms with Crippen LogP contribution in [0.25, 0.3) is 0 Å². The number of aryl methyl sites for hydroxylation is 1. The molecule has 0 atom stereocenters. The van der Waals surface area contributed by atoms with Crippen LogP contribution in [-0.2, 0) is 11.2 Å². The van der Waals surface area contributed by atoms with Crippen molar-refractivity contribution in [2.75, 3.05) is 5.32 Å². The highest BCUT2D eigenvalue weighted by Crippen LogP contribution is 2.35. The lowest BCUT2D eigenvalue weighted by Crippen LogP contribution is -2.15. The lowest BCUT2D eigenvalue weighted by Gasteiger charge is -2.12. The Morgan fingerprint density at radius 2 is 1.72 bits per heavy atom. The molecule has 4 heteroatoms. The number of halogens is 1. The maximum atomic E-state index is 12.4. The molecule has 0 saturated carbocycles. The molecule has 0 aromatic heterocycles. The number of benzene rings is 3. The van der Waals surface area contributed by atoms with Crippen LogP contribution >= 0.6 is 27.7 Å². The smallest absolute Gasteiger partial charge is 0.228 e. The van der Waals surface area contributed by atoms with Crippen molar-refractivity contribution < 1.29 is 4.79 Å². The minimum Gasteiger partial charge on any atom is -0.325 e. The zero-order chi connectivity index (χ0) is 17.6. The van der Waals surface area contributed by atoms with E-state index in [9.17, 15) is 4.79 Å². The van der Waals surface area contributed by atoms with Gasteiger partial charge >= 0.3 is 0 Å². The molecular formula is C21H18BrNOS. The molecule has 3 rings (SSSR count). The van der Waals surface area contributed by atoms with Crippen molar-refractivity contribution in [1.29, 1.82) is 0 Å². The summed E-state index contributed by atoms with van der Waals surface area (Å²) in [5.41, 5.74) is 3.02. The fourth-order valence-electron chi connectivity index (χ4n) is 2.39. The molecule has 126 valence electrons. The molecule has 1 N–H and O–H groups in total. The van der Waals surface area contributed by atoms with E-state index in [0.29, 0.717) is 6.42 Å². The Kier molecular flexibility index (Phi) is 5.95. The summed E-state index contributed by atoms with van der Waals surface area (Å²) in [4.78, 5) is 14.6. The number of amides is 1. The zero-order valence-corrected chi connectivity index (χ0v) is 16.2. The van der Waals surface area contributed by atoms with Gasteiger partial charge in [-0.2, -0.15) is 0 Å². The Bertz CT molecular complexity index is 863. The van der Waals surface area contributed by atoms with Crippen molar-refractivity contribution in [2.24, 2.45) is 0 Å². The molecule has 0 spiro atoms. The zero-order valence-electron chi connectivity index (χ0n) is 13.8. The van der Waals surface area contributed by atoms with Crippen molar-refractivity contribution in [2.45, 2.75) is 23.1 Å². The average molecular weight is 412 g/mol. The van der Waals surface area contributed by atoms with E-state index in [1.807, 2.05) is 67.6 Å². The van der Waals surface area contributed by atoms with Gasteiger partial charge in [0.1, 0.15) is 0 Å². The molecule has 1 amide bonds. The summed E-state index contributed by atoms with van der Waals surface area (Å²) in [5, 5.41) is 3.04. The molecule has 3 aromatic rings. The van der Waals surface area contributed by atoms with Crippen LogP contribution in [0.15, 0.2) is 87.1 Å². The van der Waals surface area contributed by atoms with E-state index in [1.165, 1.54) is 5.56 Å². The normalized spacial score (nSPS) is 10.5. The standard InChI is InChI=1S/C21H18BrNOS/c1-15-7-9-16(10-8-15)13-21(24)23-19-14-17(22)11-12-20(19)25-18-5-3-2-4-6-18/h2-12,14H,13H2,1H3,(H,23,24). The van der Waals surface area contributed by atoms with Gasteiger partial charge in [-0.1, -0.05) is 75.7 Å². The number of rotatable bonds is 5. The van der Waals surface area contributed by atoms with Gasteiger partial charge in [-0.3, -0.25) is 4.79 Å². The minimum atomic E-state index is -0.0168. The number of hydrogen-bond acceptors (Lipinski definition) is 2. The minimum absolute atomic E-state index is 0.0168. The highest BCUT2D eigenvalue weighted by molar-refractivity contribution is 9.10. The summed E-state index contributed by atoms with van der Waals surface area (Å²) in [5.74, 6) is -0.0168. The van der Waals surface area contributed by atoms with Crippen LogP contribution in [0.3, 0.4) is 0 Å².